The maximum absolute atomic E-state index is 11.3. The first-order valence-corrected chi connectivity index (χ1v) is 4.83. The number of hydrogen-bond acceptors (Lipinski definition) is 3. The number of carbonyl (C=O) groups is 1. The molecule has 0 aliphatic carbocycles. The van der Waals surface area contributed by atoms with Crippen LogP contribution >= 0.6 is 32.9 Å². The quantitative estimate of drug-likeness (QED) is 0.681. The average molecular weight is 321 g/mol. The van der Waals surface area contributed by atoms with Crippen molar-refractivity contribution in [3.05, 3.63) is 24.0 Å². The van der Waals surface area contributed by atoms with Gasteiger partial charge in [0.2, 0.25) is 0 Å². The van der Waals surface area contributed by atoms with Gasteiger partial charge in [0.05, 0.1) is 5.33 Å². The molecule has 2 heterocycles. The molecule has 4 nitrogen and oxygen atoms in total. The maximum Gasteiger partial charge on any atom is 0.191 e. The van der Waals surface area contributed by atoms with Crippen molar-refractivity contribution < 1.29 is 4.79 Å². The molecule has 0 bridgehead atoms. The van der Waals surface area contributed by atoms with E-state index < -0.39 is 0 Å². The van der Waals surface area contributed by atoms with Crippen LogP contribution in [0.15, 0.2) is 18.3 Å². The van der Waals surface area contributed by atoms with Gasteiger partial charge in [-0.3, -0.25) is 9.89 Å². The number of halogens is 2. The van der Waals surface area contributed by atoms with Gasteiger partial charge in [-0.05, 0) is 12.1 Å². The Morgan fingerprint density at radius 3 is 3.07 bits per heavy atom. The minimum absolute atomic E-state index is 0. The number of hydrogen-bond donors (Lipinski definition) is 1. The van der Waals surface area contributed by atoms with Gasteiger partial charge >= 0.3 is 0 Å². The Balaban J connectivity index is 0.000000980. The van der Waals surface area contributed by atoms with Crippen LogP contribution in [0.4, 0.5) is 0 Å². The second-order valence-electron chi connectivity index (χ2n) is 2.53. The lowest BCUT2D eigenvalue weighted by molar-refractivity contribution is 0.102. The monoisotopic (exact) mass is 319 g/mol. The first kappa shape index (κ1) is 11.3. The number of aromatic amines is 1. The highest BCUT2D eigenvalue weighted by atomic mass is 79.9. The summed E-state index contributed by atoms with van der Waals surface area (Å²) in [5, 5.41) is 7.64. The summed E-state index contributed by atoms with van der Waals surface area (Å²) in [6, 6.07) is 3.60. The molecule has 0 aliphatic heterocycles. The molecule has 2 aromatic rings. The van der Waals surface area contributed by atoms with Crippen LogP contribution in [0.5, 0.6) is 0 Å². The van der Waals surface area contributed by atoms with Gasteiger partial charge in [0, 0.05) is 11.6 Å². The molecule has 14 heavy (non-hydrogen) atoms. The zero-order valence-electron chi connectivity index (χ0n) is 7.03. The van der Waals surface area contributed by atoms with Gasteiger partial charge in [0.15, 0.2) is 11.4 Å². The number of ketones is 1. The number of nitrogens with one attached hydrogen (secondary N) is 1. The summed E-state index contributed by atoms with van der Waals surface area (Å²) in [6.07, 6.45) is 1.64. The molecule has 6 heteroatoms. The Kier molecular flexibility index (Phi) is 3.77. The summed E-state index contributed by atoms with van der Waals surface area (Å²) in [5.41, 5.74) is 1.09. The van der Waals surface area contributed by atoms with Crippen molar-refractivity contribution in [2.75, 3.05) is 5.33 Å². The van der Waals surface area contributed by atoms with Gasteiger partial charge in [0.25, 0.3) is 0 Å². The predicted octanol–water partition coefficient (Wildman–Crippen LogP) is 2.11. The van der Waals surface area contributed by atoms with E-state index in [1.165, 1.54) is 0 Å². The summed E-state index contributed by atoms with van der Waals surface area (Å²) in [7, 11) is 0. The van der Waals surface area contributed by atoms with Crippen LogP contribution < -0.4 is 0 Å². The van der Waals surface area contributed by atoms with E-state index in [2.05, 4.69) is 31.1 Å². The number of alkyl halides is 1. The Hall–Kier alpha value is -0.750. The second-order valence-corrected chi connectivity index (χ2v) is 3.09. The van der Waals surface area contributed by atoms with Crippen LogP contribution in [0.1, 0.15) is 10.5 Å². The number of H-pyrrole nitrogens is 1. The van der Waals surface area contributed by atoms with Gasteiger partial charge in [-0.15, -0.1) is 17.0 Å². The van der Waals surface area contributed by atoms with Gasteiger partial charge in [-0.1, -0.05) is 15.9 Å². The molecule has 0 atom stereocenters. The highest BCUT2D eigenvalue weighted by Gasteiger charge is 2.11. The van der Waals surface area contributed by atoms with Crippen LogP contribution in [0.3, 0.4) is 0 Å². The third-order valence-corrected chi connectivity index (χ3v) is 2.24. The number of rotatable bonds is 2. The molecule has 74 valence electrons. The van der Waals surface area contributed by atoms with Crippen molar-refractivity contribution in [2.24, 2.45) is 0 Å². The van der Waals surface area contributed by atoms with Crippen LogP contribution in [0.2, 0.25) is 0 Å². The topological polar surface area (TPSA) is 58.6 Å². The Morgan fingerprint density at radius 2 is 2.36 bits per heavy atom. The first-order valence-electron chi connectivity index (χ1n) is 3.71. The molecular weight excluding hydrogens is 314 g/mol. The maximum atomic E-state index is 11.3. The molecule has 2 rings (SSSR count). The summed E-state index contributed by atoms with van der Waals surface area (Å²) in [4.78, 5) is 15.4. The predicted molar refractivity (Wildman–Crippen MR) is 62.3 cm³/mol. The van der Waals surface area contributed by atoms with Gasteiger partial charge < -0.3 is 0 Å². The summed E-state index contributed by atoms with van der Waals surface area (Å²) in [5.74, 6) is -0.0181. The molecule has 2 aromatic heterocycles. The van der Waals surface area contributed by atoms with E-state index in [9.17, 15) is 4.79 Å². The molecule has 0 unspecified atom stereocenters. The SMILES string of the molecule is Br.O=C(CBr)c1[nH]nc2ncccc12. The van der Waals surface area contributed by atoms with Gasteiger partial charge in [0.1, 0.15) is 5.69 Å². The van der Waals surface area contributed by atoms with Crippen molar-refractivity contribution in [3.8, 4) is 0 Å². The molecule has 0 spiro atoms. The van der Waals surface area contributed by atoms with Crippen LogP contribution in [-0.4, -0.2) is 26.3 Å². The average Bonchev–Trinajstić information content (AvgIpc) is 2.60. The van der Waals surface area contributed by atoms with Crippen LogP contribution in [-0.2, 0) is 0 Å². The molecule has 0 aromatic carbocycles. The van der Waals surface area contributed by atoms with E-state index in [1.807, 2.05) is 6.07 Å². The fourth-order valence-electron chi connectivity index (χ4n) is 1.13. The Labute approximate surface area is 99.0 Å². The third kappa shape index (κ3) is 1.85. The van der Waals surface area contributed by atoms with E-state index in [0.29, 0.717) is 16.7 Å². The van der Waals surface area contributed by atoms with Crippen molar-refractivity contribution in [1.29, 1.82) is 0 Å². The van der Waals surface area contributed by atoms with Crippen molar-refractivity contribution in [2.45, 2.75) is 0 Å². The largest absolute Gasteiger partial charge is 0.291 e. The summed E-state index contributed by atoms with van der Waals surface area (Å²) >= 11 is 3.10. The fourth-order valence-corrected chi connectivity index (χ4v) is 1.41. The minimum Gasteiger partial charge on any atom is -0.291 e. The lowest BCUT2D eigenvalue weighted by atomic mass is 10.2. The fraction of sp³-hybridized carbons (Fsp3) is 0.125. The zero-order valence-corrected chi connectivity index (χ0v) is 10.3. The van der Waals surface area contributed by atoms with E-state index in [-0.39, 0.29) is 22.8 Å². The normalized spacial score (nSPS) is 9.79. The summed E-state index contributed by atoms with van der Waals surface area (Å²) in [6.45, 7) is 0. The lowest BCUT2D eigenvalue weighted by Crippen LogP contribution is -2.00. The van der Waals surface area contributed by atoms with Gasteiger partial charge in [-0.2, -0.15) is 5.10 Å². The first-order chi connectivity index (χ1) is 6.33. The number of pyridine rings is 1. The molecule has 1 N–H and O–H groups in total. The lowest BCUT2D eigenvalue weighted by Gasteiger charge is -1.91. The number of carbonyl (C=O) groups excluding carboxylic acids is 1. The highest BCUT2D eigenvalue weighted by molar-refractivity contribution is 9.09. The van der Waals surface area contributed by atoms with Crippen LogP contribution in [0, 0.1) is 0 Å². The highest BCUT2D eigenvalue weighted by Crippen LogP contribution is 2.13. The Morgan fingerprint density at radius 1 is 1.57 bits per heavy atom. The van der Waals surface area contributed by atoms with E-state index in [4.69, 9.17) is 0 Å². The van der Waals surface area contributed by atoms with E-state index in [1.54, 1.807) is 12.3 Å². The van der Waals surface area contributed by atoms with Crippen molar-refractivity contribution in [1.82, 2.24) is 15.2 Å². The van der Waals surface area contributed by atoms with Crippen LogP contribution in [0.25, 0.3) is 11.0 Å². The number of aromatic nitrogens is 3. The van der Waals surface area contributed by atoms with E-state index >= 15 is 0 Å². The van der Waals surface area contributed by atoms with Crippen molar-refractivity contribution in [3.63, 3.8) is 0 Å². The smallest absolute Gasteiger partial charge is 0.191 e. The van der Waals surface area contributed by atoms with Gasteiger partial charge in [-0.25, -0.2) is 4.98 Å². The summed E-state index contributed by atoms with van der Waals surface area (Å²) < 4.78 is 0. The number of fused-ring (bicyclic) bond motifs is 1. The second kappa shape index (κ2) is 4.65. The molecule has 0 amide bonds. The molecule has 0 aliphatic rings. The zero-order chi connectivity index (χ0) is 9.26. The minimum atomic E-state index is -0.0181. The molecular formula is C8H7Br2N3O. The molecule has 0 saturated carbocycles. The molecule has 0 saturated heterocycles. The molecule has 0 radical (unpaired) electrons. The standard InChI is InChI=1S/C8H6BrN3O.BrH/c9-4-6(13)7-5-2-1-3-10-8(5)12-11-7;/h1-3H,4H2,(H,10,11,12);1H. The number of nitrogens with zero attached hydrogens (tertiary/aromatic N) is 2. The molecule has 0 fully saturated rings. The Bertz CT molecular complexity index is 455. The van der Waals surface area contributed by atoms with E-state index in [0.717, 1.165) is 5.39 Å². The third-order valence-electron chi connectivity index (χ3n) is 1.73. The number of Topliss-reactive ketones (excluding diaryl/α,β-unsaturated/α-hetero) is 1. The van der Waals surface area contributed by atoms with Crippen molar-refractivity contribution >= 4 is 49.7 Å².